The average molecular weight is 483 g/mol. The molecule has 1 atom stereocenters. The molecule has 0 spiro atoms. The van der Waals surface area contributed by atoms with E-state index in [0.29, 0.717) is 15.9 Å². The number of rotatable bonds is 6. The third-order valence-corrected chi connectivity index (χ3v) is 4.73. The highest BCUT2D eigenvalue weighted by Crippen LogP contribution is 2.34. The number of esters is 1. The van der Waals surface area contributed by atoms with E-state index in [2.05, 4.69) is 20.3 Å². The van der Waals surface area contributed by atoms with Crippen LogP contribution >= 0.6 is 62.3 Å². The molecule has 0 N–H and O–H groups in total. The predicted molar refractivity (Wildman–Crippen MR) is 99.2 cm³/mol. The Morgan fingerprint density at radius 1 is 1.42 bits per heavy atom. The molecule has 0 bridgehead atoms. The van der Waals surface area contributed by atoms with Gasteiger partial charge in [0.2, 0.25) is 3.79 Å². The van der Waals surface area contributed by atoms with Crippen LogP contribution in [0.2, 0.25) is 0 Å². The fraction of sp³-hybridized carbons (Fsp3) is 0.615. The van der Waals surface area contributed by atoms with E-state index < -0.39 is 28.5 Å². The zero-order valence-electron chi connectivity index (χ0n) is 13.1. The highest BCUT2D eigenvalue weighted by atomic mass is 79.9. The lowest BCUT2D eigenvalue weighted by molar-refractivity contribution is -0.142. The molecule has 0 aromatic carbocycles. The number of anilines is 1. The Labute approximate surface area is 167 Å². The number of methoxy groups -OCH3 is 1. The summed E-state index contributed by atoms with van der Waals surface area (Å²) in [5.74, 6) is -0.459. The van der Waals surface area contributed by atoms with Crippen LogP contribution in [0.25, 0.3) is 0 Å². The molecule has 1 rings (SSSR count). The molecular weight excluding hydrogens is 466 g/mol. The monoisotopic (exact) mass is 480 g/mol. The lowest BCUT2D eigenvalue weighted by Crippen LogP contribution is -2.47. The summed E-state index contributed by atoms with van der Waals surface area (Å²) in [4.78, 5) is 26.0. The van der Waals surface area contributed by atoms with Crippen molar-refractivity contribution >= 4 is 79.3 Å². The van der Waals surface area contributed by atoms with Crippen molar-refractivity contribution in [1.29, 1.82) is 0 Å². The van der Waals surface area contributed by atoms with Gasteiger partial charge in [-0.15, -0.1) is 0 Å². The molecule has 11 heteroatoms. The Bertz CT molecular complexity index is 580. The smallest absolute Gasteiger partial charge is 0.415 e. The van der Waals surface area contributed by atoms with Crippen LogP contribution in [0.1, 0.15) is 20.3 Å². The van der Waals surface area contributed by atoms with Gasteiger partial charge in [0.15, 0.2) is 0 Å². The van der Waals surface area contributed by atoms with Crippen molar-refractivity contribution in [2.75, 3.05) is 18.6 Å². The third-order valence-electron chi connectivity index (χ3n) is 2.76. The van der Waals surface area contributed by atoms with E-state index in [9.17, 15) is 9.59 Å². The largest absolute Gasteiger partial charge is 0.467 e. The van der Waals surface area contributed by atoms with E-state index in [1.54, 1.807) is 0 Å². The van der Waals surface area contributed by atoms with E-state index in [-0.39, 0.29) is 5.92 Å². The standard InChI is InChI=1S/C13H16BrCl3N2O4S/c1-7(2)4-9(11(20)22-3)19(10-8(14)5-18-24-10)12(21)23-6-13(15,16)17/h5,7,9H,4,6H2,1-3H3/t9-/m0/s1. The quantitative estimate of drug-likeness (QED) is 0.430. The van der Waals surface area contributed by atoms with Crippen molar-refractivity contribution in [3.05, 3.63) is 10.7 Å². The van der Waals surface area contributed by atoms with Gasteiger partial charge in [-0.2, -0.15) is 4.37 Å². The molecule has 0 aliphatic rings. The zero-order chi connectivity index (χ0) is 18.5. The first-order chi connectivity index (χ1) is 11.1. The van der Waals surface area contributed by atoms with Gasteiger partial charge < -0.3 is 9.47 Å². The second-order valence-electron chi connectivity index (χ2n) is 5.19. The summed E-state index contributed by atoms with van der Waals surface area (Å²) in [6, 6.07) is -0.894. The number of carbonyl (C=O) groups is 2. The molecule has 1 aromatic rings. The summed E-state index contributed by atoms with van der Waals surface area (Å²) in [6.45, 7) is 3.38. The summed E-state index contributed by atoms with van der Waals surface area (Å²) >= 11 is 21.2. The molecule has 24 heavy (non-hydrogen) atoms. The van der Waals surface area contributed by atoms with Gasteiger partial charge in [-0.25, -0.2) is 9.59 Å². The first kappa shape index (κ1) is 21.8. The molecule has 0 saturated heterocycles. The van der Waals surface area contributed by atoms with Crippen molar-refractivity contribution in [2.45, 2.75) is 30.1 Å². The first-order valence-corrected chi connectivity index (χ1v) is 9.47. The van der Waals surface area contributed by atoms with Crippen molar-refractivity contribution in [3.8, 4) is 0 Å². The molecule has 1 aromatic heterocycles. The molecule has 0 aliphatic heterocycles. The van der Waals surface area contributed by atoms with Crippen LogP contribution in [0.3, 0.4) is 0 Å². The number of ether oxygens (including phenoxy) is 2. The van der Waals surface area contributed by atoms with E-state index in [4.69, 9.17) is 44.3 Å². The minimum absolute atomic E-state index is 0.115. The Morgan fingerprint density at radius 2 is 2.04 bits per heavy atom. The van der Waals surface area contributed by atoms with Gasteiger partial charge in [-0.05, 0) is 39.8 Å². The molecule has 6 nitrogen and oxygen atoms in total. The van der Waals surface area contributed by atoms with Gasteiger partial charge in [0.05, 0.1) is 17.8 Å². The second kappa shape index (κ2) is 9.43. The minimum Gasteiger partial charge on any atom is -0.467 e. The number of halogens is 4. The summed E-state index contributed by atoms with van der Waals surface area (Å²) in [6.07, 6.45) is 1.04. The van der Waals surface area contributed by atoms with Crippen LogP contribution in [-0.2, 0) is 14.3 Å². The Balaban J connectivity index is 3.18. The van der Waals surface area contributed by atoms with Gasteiger partial charge in [0, 0.05) is 0 Å². The number of carbonyl (C=O) groups excluding carboxylic acids is 2. The summed E-state index contributed by atoms with van der Waals surface area (Å²) in [5, 5.41) is 0.403. The number of alkyl halides is 3. The van der Waals surface area contributed by atoms with Gasteiger partial charge in [-0.3, -0.25) is 4.90 Å². The maximum absolute atomic E-state index is 12.6. The first-order valence-electron chi connectivity index (χ1n) is 6.77. The van der Waals surface area contributed by atoms with Crippen LogP contribution in [0.4, 0.5) is 9.80 Å². The minimum atomic E-state index is -1.76. The SMILES string of the molecule is COC(=O)[C@H](CC(C)C)N(C(=O)OCC(Cl)(Cl)Cl)c1sncc1Br. The fourth-order valence-electron chi connectivity index (χ4n) is 1.83. The summed E-state index contributed by atoms with van der Waals surface area (Å²) in [5.41, 5.74) is 0. The van der Waals surface area contributed by atoms with Crippen LogP contribution in [0, 0.1) is 5.92 Å². The molecule has 0 aliphatic carbocycles. The number of nitrogens with zero attached hydrogens (tertiary/aromatic N) is 2. The Hall–Kier alpha value is -0.280. The summed E-state index contributed by atoms with van der Waals surface area (Å²) in [7, 11) is 1.25. The second-order valence-corrected chi connectivity index (χ2v) is 9.34. The van der Waals surface area contributed by atoms with Crippen molar-refractivity contribution < 1.29 is 19.1 Å². The zero-order valence-corrected chi connectivity index (χ0v) is 17.8. The molecule has 0 unspecified atom stereocenters. The molecule has 1 heterocycles. The molecule has 0 radical (unpaired) electrons. The van der Waals surface area contributed by atoms with Crippen molar-refractivity contribution in [3.63, 3.8) is 0 Å². The molecule has 1 amide bonds. The number of hydrogen-bond acceptors (Lipinski definition) is 6. The normalized spacial score (nSPS) is 12.8. The number of aromatic nitrogens is 1. The highest BCUT2D eigenvalue weighted by molar-refractivity contribution is 9.10. The van der Waals surface area contributed by atoms with E-state index in [1.165, 1.54) is 18.2 Å². The summed E-state index contributed by atoms with van der Waals surface area (Å²) < 4.78 is 12.7. The van der Waals surface area contributed by atoms with Crippen LogP contribution in [-0.4, -0.2) is 40.0 Å². The van der Waals surface area contributed by atoms with Crippen LogP contribution in [0.5, 0.6) is 0 Å². The van der Waals surface area contributed by atoms with E-state index >= 15 is 0 Å². The number of hydrogen-bond donors (Lipinski definition) is 0. The van der Waals surface area contributed by atoms with E-state index in [0.717, 1.165) is 11.5 Å². The van der Waals surface area contributed by atoms with Crippen molar-refractivity contribution in [1.82, 2.24) is 4.37 Å². The van der Waals surface area contributed by atoms with Crippen LogP contribution < -0.4 is 4.90 Å². The van der Waals surface area contributed by atoms with Gasteiger partial charge in [0.25, 0.3) is 0 Å². The lowest BCUT2D eigenvalue weighted by Gasteiger charge is -2.29. The van der Waals surface area contributed by atoms with Gasteiger partial charge in [-0.1, -0.05) is 48.7 Å². The highest BCUT2D eigenvalue weighted by Gasteiger charge is 2.37. The Morgan fingerprint density at radius 3 is 2.46 bits per heavy atom. The number of amides is 1. The molecule has 0 saturated carbocycles. The van der Waals surface area contributed by atoms with Gasteiger partial charge >= 0.3 is 12.1 Å². The maximum Gasteiger partial charge on any atom is 0.415 e. The average Bonchev–Trinajstić information content (AvgIpc) is 2.88. The topological polar surface area (TPSA) is 68.7 Å². The van der Waals surface area contributed by atoms with E-state index in [1.807, 2.05) is 13.8 Å². The van der Waals surface area contributed by atoms with Gasteiger partial charge in [0.1, 0.15) is 17.6 Å². The molecular formula is C13H16BrCl3N2O4S. The van der Waals surface area contributed by atoms with Crippen LogP contribution in [0.15, 0.2) is 10.7 Å². The lowest BCUT2D eigenvalue weighted by atomic mass is 10.0. The third kappa shape index (κ3) is 6.55. The predicted octanol–water partition coefficient (Wildman–Crippen LogP) is 4.81. The maximum atomic E-state index is 12.6. The van der Waals surface area contributed by atoms with Crippen molar-refractivity contribution in [2.24, 2.45) is 5.92 Å². The molecule has 136 valence electrons. The Kier molecular flexibility index (Phi) is 8.55. The molecule has 0 fully saturated rings. The fourth-order valence-corrected chi connectivity index (χ4v) is 3.33.